The number of hydrogen-bond donors (Lipinski definition) is 4. The van der Waals surface area contributed by atoms with Gasteiger partial charge in [-0.25, -0.2) is 9.97 Å². The quantitative estimate of drug-likeness (QED) is 0.0801. The van der Waals surface area contributed by atoms with Gasteiger partial charge >= 0.3 is 0 Å². The number of ketones is 1. The third-order valence-electron chi connectivity index (χ3n) is 9.20. The number of rotatable bonds is 10. The van der Waals surface area contributed by atoms with Crippen LogP contribution in [0, 0.1) is 10.1 Å². The number of thiazole rings is 2. The molecule has 7 rings (SSSR count). The Morgan fingerprint density at radius 2 is 1.22 bits per heavy atom. The summed E-state index contributed by atoms with van der Waals surface area (Å²) in [6.45, 7) is 7.91. The number of piperazine rings is 2. The molecule has 0 amide bonds. The summed E-state index contributed by atoms with van der Waals surface area (Å²) in [5.41, 5.74) is 16.4. The molecular formula is C35H39N11O3S2. The molecule has 2 aromatic heterocycles. The summed E-state index contributed by atoms with van der Waals surface area (Å²) < 4.78 is 0. The van der Waals surface area contributed by atoms with E-state index in [1.165, 1.54) is 18.2 Å². The maximum atomic E-state index is 14.1. The zero-order valence-corrected chi connectivity index (χ0v) is 30.0. The number of nitro benzene ring substituents is 1. The molecule has 4 heterocycles. The zero-order chi connectivity index (χ0) is 35.6. The van der Waals surface area contributed by atoms with Crippen LogP contribution in [0.4, 0.5) is 50.3 Å². The fraction of sp³-hybridized carbons (Fsp3) is 0.286. The van der Waals surface area contributed by atoms with Crippen LogP contribution < -0.4 is 31.9 Å². The van der Waals surface area contributed by atoms with Crippen LogP contribution in [0.5, 0.6) is 0 Å². The van der Waals surface area contributed by atoms with Crippen LogP contribution in [-0.2, 0) is 0 Å². The number of nitrogens with zero attached hydrogens (tertiary/aromatic N) is 7. The molecule has 6 N–H and O–H groups in total. The average molecular weight is 726 g/mol. The highest BCUT2D eigenvalue weighted by atomic mass is 32.1. The lowest BCUT2D eigenvalue weighted by Gasteiger charge is -2.34. The molecule has 51 heavy (non-hydrogen) atoms. The lowest BCUT2D eigenvalue weighted by molar-refractivity contribution is -0.384. The normalized spacial score (nSPS) is 15.6. The minimum absolute atomic E-state index is 0.0265. The van der Waals surface area contributed by atoms with Crippen molar-refractivity contribution in [3.63, 3.8) is 0 Å². The standard InChI is InChI=1S/C35H39N11O3S2/c1-42-14-18-44(19-15-42)24-10-6-22(7-11-24)38-34-40-32(36)30(50-34)28-26(4-3-5-27(28)46(48)49)29(47)31-33(37)41-35(51-31)39-23-8-12-25(13-9-23)45-20-16-43(2)17-21-45/h3-13H,14-21,36-37H2,1-2H3,(H,38,40)(H,39,41). The van der Waals surface area contributed by atoms with Crippen LogP contribution in [-0.4, -0.2) is 96.9 Å². The number of nitrogens with one attached hydrogen (secondary N) is 2. The lowest BCUT2D eigenvalue weighted by Crippen LogP contribution is -2.44. The third kappa shape index (κ3) is 7.44. The topological polar surface area (TPSA) is 175 Å². The molecule has 0 saturated carbocycles. The summed E-state index contributed by atoms with van der Waals surface area (Å²) in [5, 5.41) is 19.7. The summed E-state index contributed by atoms with van der Waals surface area (Å²) >= 11 is 2.23. The summed E-state index contributed by atoms with van der Waals surface area (Å²) in [7, 11) is 4.25. The molecule has 0 spiro atoms. The van der Waals surface area contributed by atoms with Crippen molar-refractivity contribution < 1.29 is 9.72 Å². The highest BCUT2D eigenvalue weighted by Gasteiger charge is 2.30. The first-order valence-electron chi connectivity index (χ1n) is 16.6. The number of carbonyl (C=O) groups excluding carboxylic acids is 1. The van der Waals surface area contributed by atoms with Gasteiger partial charge in [0, 0.05) is 86.7 Å². The molecule has 16 heteroatoms. The largest absolute Gasteiger partial charge is 0.382 e. The lowest BCUT2D eigenvalue weighted by atomic mass is 9.99. The Morgan fingerprint density at radius 1 is 0.725 bits per heavy atom. The summed E-state index contributed by atoms with van der Waals surface area (Å²) in [6, 6.07) is 20.4. The number of carbonyl (C=O) groups is 1. The van der Waals surface area contributed by atoms with Gasteiger partial charge in [-0.15, -0.1) is 0 Å². The average Bonchev–Trinajstić information content (AvgIpc) is 3.69. The Bertz CT molecular complexity index is 2030. The van der Waals surface area contributed by atoms with Gasteiger partial charge in [0.15, 0.2) is 10.3 Å². The molecule has 0 radical (unpaired) electrons. The van der Waals surface area contributed by atoms with Gasteiger partial charge in [-0.3, -0.25) is 14.9 Å². The van der Waals surface area contributed by atoms with E-state index < -0.39 is 10.7 Å². The van der Waals surface area contributed by atoms with E-state index in [9.17, 15) is 14.9 Å². The predicted octanol–water partition coefficient (Wildman–Crippen LogP) is 5.56. The van der Waals surface area contributed by atoms with Crippen molar-refractivity contribution in [1.29, 1.82) is 0 Å². The number of anilines is 8. The number of nitrogens with two attached hydrogens (primary N) is 2. The first-order chi connectivity index (χ1) is 24.6. The molecule has 2 fully saturated rings. The van der Waals surface area contributed by atoms with E-state index in [0.29, 0.717) is 15.1 Å². The molecule has 3 aromatic carbocycles. The second-order valence-corrected chi connectivity index (χ2v) is 14.7. The van der Waals surface area contributed by atoms with Crippen LogP contribution in [0.2, 0.25) is 0 Å². The van der Waals surface area contributed by atoms with E-state index in [4.69, 9.17) is 11.5 Å². The second kappa shape index (κ2) is 14.5. The summed E-state index contributed by atoms with van der Waals surface area (Å²) in [4.78, 5) is 44.5. The van der Waals surface area contributed by atoms with Crippen molar-refractivity contribution in [3.05, 3.63) is 87.3 Å². The Balaban J connectivity index is 1.11. The maximum absolute atomic E-state index is 14.1. The highest BCUT2D eigenvalue weighted by molar-refractivity contribution is 7.20. The second-order valence-electron chi connectivity index (χ2n) is 12.7. The number of nitro groups is 1. The molecule has 264 valence electrons. The first-order valence-corrected chi connectivity index (χ1v) is 18.2. The number of nitrogen functional groups attached to an aromatic ring is 2. The smallest absolute Gasteiger partial charge is 0.278 e. The van der Waals surface area contributed by atoms with Crippen molar-refractivity contribution in [3.8, 4) is 10.4 Å². The first kappa shape index (κ1) is 34.2. The van der Waals surface area contributed by atoms with Crippen molar-refractivity contribution in [2.45, 2.75) is 0 Å². The van der Waals surface area contributed by atoms with E-state index in [1.807, 2.05) is 24.3 Å². The Hall–Kier alpha value is -5.29. The molecule has 0 atom stereocenters. The van der Waals surface area contributed by atoms with Crippen LogP contribution >= 0.6 is 22.7 Å². The number of aromatic nitrogens is 2. The molecule has 2 saturated heterocycles. The molecule has 5 aromatic rings. The molecule has 0 aliphatic carbocycles. The predicted molar refractivity (Wildman–Crippen MR) is 207 cm³/mol. The van der Waals surface area contributed by atoms with E-state index >= 15 is 0 Å². The van der Waals surface area contributed by atoms with Gasteiger partial charge in [-0.05, 0) is 68.7 Å². The van der Waals surface area contributed by atoms with Gasteiger partial charge in [0.2, 0.25) is 5.78 Å². The zero-order valence-electron chi connectivity index (χ0n) is 28.3. The van der Waals surface area contributed by atoms with Gasteiger partial charge in [0.25, 0.3) is 5.69 Å². The SMILES string of the molecule is CN1CCN(c2ccc(Nc3nc(N)c(C(=O)c4cccc([N+](=O)[O-])c4-c4sc(Nc5ccc(N6CCN(C)CC6)cc5)nc4N)s3)cc2)CC1. The number of hydrogen-bond acceptors (Lipinski definition) is 15. The highest BCUT2D eigenvalue weighted by Crippen LogP contribution is 2.44. The van der Waals surface area contributed by atoms with Crippen molar-refractivity contribution in [2.24, 2.45) is 0 Å². The van der Waals surface area contributed by atoms with E-state index in [0.717, 1.165) is 97.8 Å². The van der Waals surface area contributed by atoms with Crippen molar-refractivity contribution >= 4 is 78.8 Å². The molecule has 2 aliphatic rings. The number of benzene rings is 3. The minimum atomic E-state index is -0.524. The van der Waals surface area contributed by atoms with E-state index in [2.05, 4.69) is 78.6 Å². The number of likely N-dealkylation sites (N-methyl/N-ethyl adjacent to an activating group) is 2. The molecule has 2 aliphatic heterocycles. The monoisotopic (exact) mass is 725 g/mol. The van der Waals surface area contributed by atoms with Gasteiger partial charge < -0.3 is 41.7 Å². The fourth-order valence-electron chi connectivity index (χ4n) is 6.24. The van der Waals surface area contributed by atoms with Gasteiger partial charge in [0.05, 0.1) is 15.4 Å². The summed E-state index contributed by atoms with van der Waals surface area (Å²) in [6.07, 6.45) is 0. The summed E-state index contributed by atoms with van der Waals surface area (Å²) in [5.74, 6) is -0.401. The van der Waals surface area contributed by atoms with Gasteiger partial charge in [-0.2, -0.15) is 0 Å². The van der Waals surface area contributed by atoms with Crippen LogP contribution in [0.3, 0.4) is 0 Å². The van der Waals surface area contributed by atoms with Gasteiger partial charge in [-0.1, -0.05) is 28.7 Å². The van der Waals surface area contributed by atoms with Crippen LogP contribution in [0.25, 0.3) is 10.4 Å². The van der Waals surface area contributed by atoms with E-state index in [-0.39, 0.29) is 33.3 Å². The Morgan fingerprint density at radius 3 is 1.73 bits per heavy atom. The van der Waals surface area contributed by atoms with Crippen LogP contribution in [0.1, 0.15) is 15.2 Å². The fourth-order valence-corrected chi connectivity index (χ4v) is 8.07. The Kier molecular flexibility index (Phi) is 9.73. The third-order valence-corrected chi connectivity index (χ3v) is 11.2. The van der Waals surface area contributed by atoms with Crippen LogP contribution in [0.15, 0.2) is 66.7 Å². The Labute approximate surface area is 303 Å². The van der Waals surface area contributed by atoms with Crippen molar-refractivity contribution in [2.75, 3.05) is 98.4 Å². The molecule has 14 nitrogen and oxygen atoms in total. The molecule has 0 unspecified atom stereocenters. The van der Waals surface area contributed by atoms with Crippen molar-refractivity contribution in [1.82, 2.24) is 19.8 Å². The minimum Gasteiger partial charge on any atom is -0.382 e. The molecule has 0 bridgehead atoms. The van der Waals surface area contributed by atoms with E-state index in [1.54, 1.807) is 0 Å². The maximum Gasteiger partial charge on any atom is 0.278 e. The van der Waals surface area contributed by atoms with Gasteiger partial charge in [0.1, 0.15) is 16.5 Å². The molecular weight excluding hydrogens is 687 g/mol.